The van der Waals surface area contributed by atoms with Gasteiger partial charge >= 0.3 is 0 Å². The summed E-state index contributed by atoms with van der Waals surface area (Å²) < 4.78 is 18.1. The number of aromatic nitrogens is 6. The molecule has 1 fully saturated rings. The summed E-state index contributed by atoms with van der Waals surface area (Å²) in [5.41, 5.74) is 8.21. The normalized spacial score (nSPS) is 19.2. The minimum absolute atomic E-state index is 0.0299. The summed E-state index contributed by atoms with van der Waals surface area (Å²) in [4.78, 5) is 12.2. The SMILES string of the molecule is N[C@@H]1c2ccnn2CC12CCN(c1cnc(Sc3cccc(F)c3-n3cccn3)cn1)CC2. The molecule has 3 aromatic heterocycles. The molecule has 1 saturated heterocycles. The van der Waals surface area contributed by atoms with E-state index in [4.69, 9.17) is 5.73 Å². The molecule has 1 spiro atoms. The number of nitrogens with zero attached hydrogens (tertiary/aromatic N) is 7. The molecule has 168 valence electrons. The molecule has 0 amide bonds. The topological polar surface area (TPSA) is 90.7 Å². The summed E-state index contributed by atoms with van der Waals surface area (Å²) in [7, 11) is 0. The van der Waals surface area contributed by atoms with Gasteiger partial charge in [-0.25, -0.2) is 19.0 Å². The maximum absolute atomic E-state index is 14.5. The van der Waals surface area contributed by atoms with Gasteiger partial charge in [0.2, 0.25) is 0 Å². The molecule has 0 saturated carbocycles. The lowest BCUT2D eigenvalue weighted by molar-refractivity contribution is 0.170. The fourth-order valence-corrected chi connectivity index (χ4v) is 5.81. The number of anilines is 1. The fraction of sp³-hybridized carbons (Fsp3) is 0.304. The molecule has 0 aliphatic carbocycles. The number of nitrogens with two attached hydrogens (primary N) is 1. The first-order valence-corrected chi connectivity index (χ1v) is 11.8. The average molecular weight is 463 g/mol. The lowest BCUT2D eigenvalue weighted by Crippen LogP contribution is -2.45. The van der Waals surface area contributed by atoms with E-state index < -0.39 is 0 Å². The molecule has 10 heteroatoms. The number of halogens is 1. The lowest BCUT2D eigenvalue weighted by atomic mass is 9.73. The molecule has 2 aliphatic rings. The van der Waals surface area contributed by atoms with E-state index in [1.807, 2.05) is 18.3 Å². The van der Waals surface area contributed by atoms with Gasteiger partial charge in [0.1, 0.15) is 22.3 Å². The minimum atomic E-state index is -0.331. The van der Waals surface area contributed by atoms with Crippen molar-refractivity contribution in [1.82, 2.24) is 29.5 Å². The second kappa shape index (κ2) is 7.96. The van der Waals surface area contributed by atoms with Crippen molar-refractivity contribution in [1.29, 1.82) is 0 Å². The maximum Gasteiger partial charge on any atom is 0.150 e. The number of benzene rings is 1. The van der Waals surface area contributed by atoms with Crippen molar-refractivity contribution < 1.29 is 4.39 Å². The van der Waals surface area contributed by atoms with Crippen LogP contribution in [0.15, 0.2) is 71.2 Å². The molecular weight excluding hydrogens is 439 g/mol. The molecule has 0 radical (unpaired) electrons. The average Bonchev–Trinajstić information content (AvgIpc) is 3.56. The molecule has 2 N–H and O–H groups in total. The highest BCUT2D eigenvalue weighted by molar-refractivity contribution is 7.99. The van der Waals surface area contributed by atoms with E-state index in [9.17, 15) is 4.39 Å². The van der Waals surface area contributed by atoms with Gasteiger partial charge in [0.15, 0.2) is 0 Å². The van der Waals surface area contributed by atoms with Crippen LogP contribution in [0.4, 0.5) is 10.2 Å². The van der Waals surface area contributed by atoms with Gasteiger partial charge in [-0.2, -0.15) is 10.2 Å². The van der Waals surface area contributed by atoms with Crippen molar-refractivity contribution in [3.05, 3.63) is 72.8 Å². The van der Waals surface area contributed by atoms with Crippen molar-refractivity contribution in [3.63, 3.8) is 0 Å². The summed E-state index contributed by atoms with van der Waals surface area (Å²) in [5, 5.41) is 9.29. The quantitative estimate of drug-likeness (QED) is 0.497. The summed E-state index contributed by atoms with van der Waals surface area (Å²) in [6.07, 6.45) is 10.7. The smallest absolute Gasteiger partial charge is 0.150 e. The predicted octanol–water partition coefficient (Wildman–Crippen LogP) is 3.45. The molecule has 8 nitrogen and oxygen atoms in total. The van der Waals surface area contributed by atoms with Crippen molar-refractivity contribution >= 4 is 17.6 Å². The molecule has 1 aromatic carbocycles. The monoisotopic (exact) mass is 462 g/mol. The van der Waals surface area contributed by atoms with Crippen LogP contribution in [-0.2, 0) is 6.54 Å². The third-order valence-electron chi connectivity index (χ3n) is 6.79. The van der Waals surface area contributed by atoms with Gasteiger partial charge < -0.3 is 10.6 Å². The lowest BCUT2D eigenvalue weighted by Gasteiger charge is -2.41. The van der Waals surface area contributed by atoms with Crippen LogP contribution in [0, 0.1) is 11.2 Å². The number of hydrogen-bond acceptors (Lipinski definition) is 7. The molecule has 4 aromatic rings. The van der Waals surface area contributed by atoms with E-state index in [2.05, 4.69) is 29.7 Å². The van der Waals surface area contributed by atoms with E-state index in [-0.39, 0.29) is 17.3 Å². The Morgan fingerprint density at radius 2 is 1.91 bits per heavy atom. The standard InChI is InChI=1S/C23H23FN8S/c24-16-3-1-4-18(21(16)31-10-2-8-28-31)33-20-14-26-19(13-27-20)30-11-6-23(7-12-30)15-32-17(22(23)25)5-9-29-32/h1-5,8-10,13-14,22H,6-7,11-12,15,25H2/t22-/m1/s1. The van der Waals surface area contributed by atoms with Gasteiger partial charge in [-0.1, -0.05) is 17.8 Å². The van der Waals surface area contributed by atoms with Crippen molar-refractivity contribution in [2.24, 2.45) is 11.1 Å². The van der Waals surface area contributed by atoms with Crippen LogP contribution >= 0.6 is 11.8 Å². The highest BCUT2D eigenvalue weighted by atomic mass is 32.2. The van der Waals surface area contributed by atoms with Crippen LogP contribution in [-0.4, -0.2) is 42.6 Å². The summed E-state index contributed by atoms with van der Waals surface area (Å²) in [6.45, 7) is 2.65. The highest BCUT2D eigenvalue weighted by Crippen LogP contribution is 2.47. The number of para-hydroxylation sites is 1. The zero-order valence-corrected chi connectivity index (χ0v) is 18.7. The highest BCUT2D eigenvalue weighted by Gasteiger charge is 2.46. The van der Waals surface area contributed by atoms with Crippen LogP contribution in [0.3, 0.4) is 0 Å². The summed E-state index contributed by atoms with van der Waals surface area (Å²) >= 11 is 1.37. The zero-order chi connectivity index (χ0) is 22.4. The van der Waals surface area contributed by atoms with Crippen LogP contribution in [0.5, 0.6) is 0 Å². The second-order valence-electron chi connectivity index (χ2n) is 8.59. The van der Waals surface area contributed by atoms with Gasteiger partial charge in [-0.3, -0.25) is 4.68 Å². The van der Waals surface area contributed by atoms with Gasteiger partial charge in [-0.05, 0) is 37.1 Å². The Bertz CT molecular complexity index is 1260. The number of rotatable bonds is 4. The van der Waals surface area contributed by atoms with Crippen LogP contribution < -0.4 is 10.6 Å². The molecule has 6 rings (SSSR count). The molecule has 0 bridgehead atoms. The molecule has 5 heterocycles. The zero-order valence-electron chi connectivity index (χ0n) is 17.9. The number of fused-ring (bicyclic) bond motifs is 1. The molecule has 2 aliphatic heterocycles. The summed E-state index contributed by atoms with van der Waals surface area (Å²) in [5.74, 6) is 0.521. The second-order valence-corrected chi connectivity index (χ2v) is 9.66. The number of hydrogen-bond donors (Lipinski definition) is 1. The molecular formula is C23H23FN8S. The van der Waals surface area contributed by atoms with Gasteiger partial charge in [-0.15, -0.1) is 0 Å². The minimum Gasteiger partial charge on any atom is -0.355 e. The Morgan fingerprint density at radius 1 is 1.03 bits per heavy atom. The fourth-order valence-electron chi connectivity index (χ4n) is 4.94. The van der Waals surface area contributed by atoms with Gasteiger partial charge in [0.25, 0.3) is 0 Å². The van der Waals surface area contributed by atoms with Gasteiger partial charge in [0.05, 0.1) is 24.1 Å². The Kier molecular flexibility index (Phi) is 4.92. The van der Waals surface area contributed by atoms with Crippen LogP contribution in [0.1, 0.15) is 24.6 Å². The van der Waals surface area contributed by atoms with Crippen LogP contribution in [0.2, 0.25) is 0 Å². The van der Waals surface area contributed by atoms with E-state index in [0.29, 0.717) is 10.7 Å². The Labute approximate surface area is 194 Å². The first-order valence-electron chi connectivity index (χ1n) is 10.9. The Balaban J connectivity index is 1.15. The Morgan fingerprint density at radius 3 is 2.64 bits per heavy atom. The number of piperidine rings is 1. The molecule has 33 heavy (non-hydrogen) atoms. The third kappa shape index (κ3) is 3.50. The summed E-state index contributed by atoms with van der Waals surface area (Å²) in [6, 6.07) is 8.81. The van der Waals surface area contributed by atoms with Crippen molar-refractivity contribution in [2.75, 3.05) is 18.0 Å². The maximum atomic E-state index is 14.5. The largest absolute Gasteiger partial charge is 0.355 e. The van der Waals surface area contributed by atoms with E-state index in [1.54, 1.807) is 36.9 Å². The van der Waals surface area contributed by atoms with E-state index >= 15 is 0 Å². The van der Waals surface area contributed by atoms with Gasteiger partial charge in [0, 0.05) is 48.5 Å². The first-order chi connectivity index (χ1) is 16.1. The Hall–Kier alpha value is -3.24. The van der Waals surface area contributed by atoms with E-state index in [1.165, 1.54) is 22.5 Å². The van der Waals surface area contributed by atoms with Crippen LogP contribution in [0.25, 0.3) is 5.69 Å². The molecule has 1 atom stereocenters. The van der Waals surface area contributed by atoms with Crippen molar-refractivity contribution in [2.45, 2.75) is 35.3 Å². The van der Waals surface area contributed by atoms with Crippen molar-refractivity contribution in [3.8, 4) is 5.69 Å². The molecule has 0 unspecified atom stereocenters. The third-order valence-corrected chi connectivity index (χ3v) is 7.76. The predicted molar refractivity (Wildman–Crippen MR) is 123 cm³/mol. The first kappa shape index (κ1) is 20.4. The van der Waals surface area contributed by atoms with E-state index in [0.717, 1.165) is 48.9 Å².